The zero-order valence-electron chi connectivity index (χ0n) is 18.9. The summed E-state index contributed by atoms with van der Waals surface area (Å²) in [6, 6.07) is 1.18. The Bertz CT molecular complexity index is 933. The number of fused-ring (bicyclic) bond motifs is 2. The molecule has 2 unspecified atom stereocenters. The zero-order chi connectivity index (χ0) is 23.5. The molecule has 0 bridgehead atoms. The van der Waals surface area contributed by atoms with Crippen LogP contribution in [0.5, 0.6) is 0 Å². The van der Waals surface area contributed by atoms with E-state index in [0.717, 1.165) is 25.1 Å². The van der Waals surface area contributed by atoms with E-state index in [-0.39, 0.29) is 36.4 Å². The molecule has 176 valence electrons. The predicted octanol–water partition coefficient (Wildman–Crippen LogP) is 3.33. The highest BCUT2D eigenvalue weighted by molar-refractivity contribution is 5.87. The molecule has 0 aromatic carbocycles. The molecule has 2 aliphatic heterocycles. The van der Waals surface area contributed by atoms with Crippen LogP contribution in [0, 0.1) is 16.7 Å². The Hall–Kier alpha value is -2.16. The van der Waals surface area contributed by atoms with E-state index in [4.69, 9.17) is 4.74 Å². The number of nitrogens with one attached hydrogen (secondary N) is 1. The van der Waals surface area contributed by atoms with Crippen LogP contribution in [-0.4, -0.2) is 47.5 Å². The van der Waals surface area contributed by atoms with Crippen molar-refractivity contribution in [1.82, 2.24) is 15.2 Å². The summed E-state index contributed by atoms with van der Waals surface area (Å²) in [6.07, 6.45) is -0.870. The van der Waals surface area contributed by atoms with Crippen molar-refractivity contribution in [3.8, 4) is 0 Å². The van der Waals surface area contributed by atoms with Crippen molar-refractivity contribution in [2.75, 3.05) is 13.7 Å². The van der Waals surface area contributed by atoms with Crippen molar-refractivity contribution in [2.45, 2.75) is 71.3 Å². The molecule has 1 saturated carbocycles. The van der Waals surface area contributed by atoms with Crippen molar-refractivity contribution >= 4 is 11.9 Å². The molecule has 4 rings (SSSR count). The van der Waals surface area contributed by atoms with E-state index >= 15 is 0 Å². The number of halogens is 3. The van der Waals surface area contributed by atoms with E-state index in [2.05, 4.69) is 17.2 Å². The third-order valence-electron chi connectivity index (χ3n) is 7.79. The van der Waals surface area contributed by atoms with E-state index in [1.807, 2.05) is 13.8 Å². The maximum Gasteiger partial charge on any atom is 0.417 e. The quantitative estimate of drug-likeness (QED) is 0.709. The summed E-state index contributed by atoms with van der Waals surface area (Å²) in [7, 11) is 1.37. The number of alkyl halides is 3. The molecule has 3 aliphatic rings. The third-order valence-corrected chi connectivity index (χ3v) is 7.79. The number of methoxy groups -OCH3 is 1. The van der Waals surface area contributed by atoms with Gasteiger partial charge in [-0.25, -0.2) is 0 Å². The van der Waals surface area contributed by atoms with E-state index in [1.165, 1.54) is 7.11 Å². The Morgan fingerprint density at radius 3 is 2.75 bits per heavy atom. The lowest BCUT2D eigenvalue weighted by Gasteiger charge is -2.33. The van der Waals surface area contributed by atoms with Crippen LogP contribution in [0.15, 0.2) is 12.3 Å². The molecule has 1 amide bonds. The van der Waals surface area contributed by atoms with Crippen LogP contribution in [0.3, 0.4) is 0 Å². The minimum absolute atomic E-state index is 0.0367. The van der Waals surface area contributed by atoms with Gasteiger partial charge in [0.05, 0.1) is 23.5 Å². The molecule has 32 heavy (non-hydrogen) atoms. The smallest absolute Gasteiger partial charge is 0.417 e. The Labute approximate surface area is 185 Å². The van der Waals surface area contributed by atoms with Gasteiger partial charge in [-0.1, -0.05) is 6.92 Å². The normalized spacial score (nSPS) is 29.9. The largest absolute Gasteiger partial charge is 0.469 e. The number of hydrogen-bond donors (Lipinski definition) is 1. The molecule has 2 fully saturated rings. The van der Waals surface area contributed by atoms with Gasteiger partial charge in [-0.05, 0) is 50.7 Å². The monoisotopic (exact) mass is 453 g/mol. The molecule has 1 spiro atoms. The van der Waals surface area contributed by atoms with E-state index < -0.39 is 22.6 Å². The topological polar surface area (TPSA) is 71.5 Å². The molecule has 1 aliphatic carbocycles. The minimum Gasteiger partial charge on any atom is -0.469 e. The highest BCUT2D eigenvalue weighted by Gasteiger charge is 2.60. The van der Waals surface area contributed by atoms with Crippen LogP contribution in [0.4, 0.5) is 13.2 Å². The minimum atomic E-state index is -4.45. The summed E-state index contributed by atoms with van der Waals surface area (Å²) in [5.74, 6) is -0.175. The fourth-order valence-electron chi connectivity index (χ4n) is 5.75. The zero-order valence-corrected chi connectivity index (χ0v) is 18.9. The Kier molecular flexibility index (Phi) is 5.55. The first-order chi connectivity index (χ1) is 14.9. The van der Waals surface area contributed by atoms with Crippen LogP contribution >= 0.6 is 0 Å². The van der Waals surface area contributed by atoms with Gasteiger partial charge >= 0.3 is 12.1 Å². The lowest BCUT2D eigenvalue weighted by Crippen LogP contribution is -2.42. The van der Waals surface area contributed by atoms with Crippen LogP contribution < -0.4 is 5.32 Å². The van der Waals surface area contributed by atoms with E-state index in [1.54, 1.807) is 4.90 Å². The number of carbonyl (C=O) groups excluding carboxylic acids is 2. The van der Waals surface area contributed by atoms with Crippen molar-refractivity contribution in [2.24, 2.45) is 16.7 Å². The molecule has 4 atom stereocenters. The second-order valence-electron chi connectivity index (χ2n) is 10.2. The first kappa shape index (κ1) is 23.0. The molecule has 3 heterocycles. The van der Waals surface area contributed by atoms with Gasteiger partial charge in [-0.3, -0.25) is 14.6 Å². The maximum atomic E-state index is 13.5. The molecule has 1 aromatic heterocycles. The number of hydrogen-bond acceptors (Lipinski definition) is 5. The second-order valence-corrected chi connectivity index (χ2v) is 10.2. The van der Waals surface area contributed by atoms with Gasteiger partial charge in [-0.15, -0.1) is 0 Å². The van der Waals surface area contributed by atoms with Crippen molar-refractivity contribution in [1.29, 1.82) is 0 Å². The van der Waals surface area contributed by atoms with Gasteiger partial charge in [0.25, 0.3) is 0 Å². The third kappa shape index (κ3) is 3.68. The highest BCUT2D eigenvalue weighted by Crippen LogP contribution is 2.54. The van der Waals surface area contributed by atoms with Gasteiger partial charge < -0.3 is 15.0 Å². The summed E-state index contributed by atoms with van der Waals surface area (Å²) < 4.78 is 44.2. The van der Waals surface area contributed by atoms with Gasteiger partial charge in [-0.2, -0.15) is 13.2 Å². The first-order valence-corrected chi connectivity index (χ1v) is 11.1. The molecular formula is C23H30F3N3O3. The van der Waals surface area contributed by atoms with Crippen LogP contribution in [0.2, 0.25) is 0 Å². The summed E-state index contributed by atoms with van der Waals surface area (Å²) >= 11 is 0. The number of carbonyl (C=O) groups is 2. The summed E-state index contributed by atoms with van der Waals surface area (Å²) in [5.41, 5.74) is -0.823. The molecule has 6 nitrogen and oxygen atoms in total. The van der Waals surface area contributed by atoms with Crippen molar-refractivity contribution in [3.05, 3.63) is 29.1 Å². The fraction of sp³-hybridized carbons (Fsp3) is 0.696. The average Bonchev–Trinajstić information content (AvgIpc) is 3.26. The average molecular weight is 454 g/mol. The van der Waals surface area contributed by atoms with Crippen molar-refractivity contribution in [3.63, 3.8) is 0 Å². The predicted molar refractivity (Wildman–Crippen MR) is 110 cm³/mol. The number of rotatable bonds is 4. The van der Waals surface area contributed by atoms with Crippen LogP contribution in [-0.2, 0) is 33.5 Å². The number of nitrogens with zero attached hydrogens (tertiary/aromatic N) is 2. The second kappa shape index (κ2) is 7.71. The van der Waals surface area contributed by atoms with Crippen LogP contribution in [0.25, 0.3) is 0 Å². The molecular weight excluding hydrogens is 423 g/mol. The number of aromatic nitrogens is 1. The van der Waals surface area contributed by atoms with Gasteiger partial charge in [0.15, 0.2) is 0 Å². The molecule has 0 radical (unpaired) electrons. The Balaban J connectivity index is 1.49. The molecule has 1 aromatic rings. The molecule has 1 N–H and O–H groups in total. The molecule has 1 saturated heterocycles. The number of pyridine rings is 1. The Morgan fingerprint density at radius 1 is 1.38 bits per heavy atom. The standard InChI is InChI=1S/C23H30F3N3O3/c1-13-18-8-17-14(7-15(10-27-17)23(24,25)26)11-29(18)19(30)22(13)6-5-16(9-22)28-12-21(2,3)20(31)32-4/h7,10,13,16,18,28H,5-6,8-9,11-12H2,1-4H3/t13?,16-,18?,22+/m1/s1. The SMILES string of the molecule is COC(=O)C(C)(C)CN[C@@H]1CC[C@@]2(C1)C(=O)N1Cc3cc(C(F)(F)F)cnc3CC1C2C. The Morgan fingerprint density at radius 2 is 2.09 bits per heavy atom. The number of amides is 1. The summed E-state index contributed by atoms with van der Waals surface area (Å²) in [4.78, 5) is 31.4. The summed E-state index contributed by atoms with van der Waals surface area (Å²) in [6.45, 7) is 6.35. The van der Waals surface area contributed by atoms with Crippen molar-refractivity contribution < 1.29 is 27.5 Å². The summed E-state index contributed by atoms with van der Waals surface area (Å²) in [5, 5.41) is 3.44. The van der Waals surface area contributed by atoms with Gasteiger partial charge in [0.2, 0.25) is 5.91 Å². The fourth-order valence-corrected chi connectivity index (χ4v) is 5.75. The number of ether oxygens (including phenoxy) is 1. The first-order valence-electron chi connectivity index (χ1n) is 11.1. The molecule has 9 heteroatoms. The lowest BCUT2D eigenvalue weighted by atomic mass is 9.73. The maximum absolute atomic E-state index is 13.5. The highest BCUT2D eigenvalue weighted by atomic mass is 19.4. The van der Waals surface area contributed by atoms with Crippen LogP contribution in [0.1, 0.15) is 56.9 Å². The van der Waals surface area contributed by atoms with E-state index in [0.29, 0.717) is 30.6 Å². The number of esters is 1. The van der Waals surface area contributed by atoms with Gasteiger partial charge in [0, 0.05) is 43.5 Å². The van der Waals surface area contributed by atoms with Gasteiger partial charge in [0.1, 0.15) is 0 Å². The van der Waals surface area contributed by atoms with E-state index in [9.17, 15) is 22.8 Å². The lowest BCUT2D eigenvalue weighted by molar-refractivity contribution is -0.150.